The molecule has 0 aliphatic rings. The Kier molecular flexibility index (Phi) is 7.36. The number of carbonyl (C=O) groups excluding carboxylic acids is 2. The first-order chi connectivity index (χ1) is 12.5. The van der Waals surface area contributed by atoms with Gasteiger partial charge in [-0.1, -0.05) is 60.7 Å². The number of hydrogen-bond acceptors (Lipinski definition) is 3. The van der Waals surface area contributed by atoms with E-state index >= 15 is 0 Å². The minimum absolute atomic E-state index is 0.136. The molecule has 2 atom stereocenters. The standard InChI is InChI=1S/C21H26N2O3/c1-16(19-12-8-5-9-13-19)23(17(2)24)20(15-26-3)21(25)22-14-18-10-6-4-7-11-18/h4-13,16,20H,14-15H2,1-3H3,(H,22,25)/t16-,20?/m0/s1. The molecule has 2 aromatic carbocycles. The number of amides is 2. The van der Waals surface area contributed by atoms with Crippen molar-refractivity contribution in [3.8, 4) is 0 Å². The van der Waals surface area contributed by atoms with Gasteiger partial charge in [-0.15, -0.1) is 0 Å². The molecule has 0 aliphatic carbocycles. The van der Waals surface area contributed by atoms with Crippen LogP contribution in [0.3, 0.4) is 0 Å². The first-order valence-electron chi connectivity index (χ1n) is 8.69. The van der Waals surface area contributed by atoms with Crippen LogP contribution in [0.5, 0.6) is 0 Å². The third kappa shape index (κ3) is 5.17. The Morgan fingerprint density at radius 2 is 1.62 bits per heavy atom. The van der Waals surface area contributed by atoms with Gasteiger partial charge < -0.3 is 15.0 Å². The molecule has 0 heterocycles. The van der Waals surface area contributed by atoms with E-state index in [-0.39, 0.29) is 24.5 Å². The van der Waals surface area contributed by atoms with Gasteiger partial charge in [0.1, 0.15) is 6.04 Å². The summed E-state index contributed by atoms with van der Waals surface area (Å²) in [7, 11) is 1.53. The quantitative estimate of drug-likeness (QED) is 0.793. The van der Waals surface area contributed by atoms with Crippen molar-refractivity contribution >= 4 is 11.8 Å². The molecule has 138 valence electrons. The molecule has 2 rings (SSSR count). The van der Waals surface area contributed by atoms with Crippen molar-refractivity contribution in [1.29, 1.82) is 0 Å². The highest BCUT2D eigenvalue weighted by atomic mass is 16.5. The van der Waals surface area contributed by atoms with Gasteiger partial charge in [-0.3, -0.25) is 9.59 Å². The molecule has 0 aromatic heterocycles. The van der Waals surface area contributed by atoms with Crippen LogP contribution in [0.4, 0.5) is 0 Å². The van der Waals surface area contributed by atoms with Gasteiger partial charge in [0.15, 0.2) is 0 Å². The highest BCUT2D eigenvalue weighted by Crippen LogP contribution is 2.23. The number of nitrogens with one attached hydrogen (secondary N) is 1. The highest BCUT2D eigenvalue weighted by molar-refractivity contribution is 5.87. The molecule has 0 saturated heterocycles. The molecule has 1 unspecified atom stereocenters. The van der Waals surface area contributed by atoms with Crippen molar-refractivity contribution in [1.82, 2.24) is 10.2 Å². The first-order valence-corrected chi connectivity index (χ1v) is 8.69. The number of benzene rings is 2. The van der Waals surface area contributed by atoms with Crippen LogP contribution in [-0.2, 0) is 20.9 Å². The van der Waals surface area contributed by atoms with Crippen molar-refractivity contribution in [3.05, 3.63) is 71.8 Å². The van der Waals surface area contributed by atoms with E-state index in [1.807, 2.05) is 67.6 Å². The summed E-state index contributed by atoms with van der Waals surface area (Å²) >= 11 is 0. The predicted molar refractivity (Wildman–Crippen MR) is 101 cm³/mol. The number of rotatable bonds is 8. The van der Waals surface area contributed by atoms with Gasteiger partial charge >= 0.3 is 0 Å². The lowest BCUT2D eigenvalue weighted by Gasteiger charge is -2.35. The van der Waals surface area contributed by atoms with Crippen molar-refractivity contribution in [2.75, 3.05) is 13.7 Å². The maximum Gasteiger partial charge on any atom is 0.245 e. The average Bonchev–Trinajstić information content (AvgIpc) is 2.67. The summed E-state index contributed by atoms with van der Waals surface area (Å²) in [6, 6.07) is 18.4. The number of hydrogen-bond donors (Lipinski definition) is 1. The zero-order valence-electron chi connectivity index (χ0n) is 15.5. The number of methoxy groups -OCH3 is 1. The molecule has 1 N–H and O–H groups in total. The zero-order valence-corrected chi connectivity index (χ0v) is 15.5. The van der Waals surface area contributed by atoms with Crippen LogP contribution in [0.25, 0.3) is 0 Å². The number of carbonyl (C=O) groups is 2. The molecule has 0 aliphatic heterocycles. The van der Waals surface area contributed by atoms with Crippen molar-refractivity contribution in [2.24, 2.45) is 0 Å². The average molecular weight is 354 g/mol. The Balaban J connectivity index is 2.17. The van der Waals surface area contributed by atoms with Gasteiger partial charge in [0, 0.05) is 20.6 Å². The van der Waals surface area contributed by atoms with E-state index in [1.165, 1.54) is 14.0 Å². The molecule has 0 saturated carbocycles. The van der Waals surface area contributed by atoms with E-state index in [1.54, 1.807) is 4.90 Å². The van der Waals surface area contributed by atoms with Crippen LogP contribution < -0.4 is 5.32 Å². The van der Waals surface area contributed by atoms with E-state index in [0.29, 0.717) is 6.54 Å². The summed E-state index contributed by atoms with van der Waals surface area (Å²) < 4.78 is 5.24. The predicted octanol–water partition coefficient (Wildman–Crippen LogP) is 2.93. The lowest BCUT2D eigenvalue weighted by Crippen LogP contribution is -2.52. The largest absolute Gasteiger partial charge is 0.382 e. The molecule has 26 heavy (non-hydrogen) atoms. The second-order valence-corrected chi connectivity index (χ2v) is 6.19. The zero-order chi connectivity index (χ0) is 18.9. The summed E-state index contributed by atoms with van der Waals surface area (Å²) in [6.45, 7) is 3.94. The molecule has 2 aromatic rings. The summed E-state index contributed by atoms with van der Waals surface area (Å²) in [4.78, 5) is 26.7. The van der Waals surface area contributed by atoms with E-state index in [2.05, 4.69) is 5.32 Å². The maximum absolute atomic E-state index is 12.8. The lowest BCUT2D eigenvalue weighted by molar-refractivity contribution is -0.143. The normalized spacial score (nSPS) is 12.9. The lowest BCUT2D eigenvalue weighted by atomic mass is 10.0. The number of ether oxygens (including phenoxy) is 1. The topological polar surface area (TPSA) is 58.6 Å². The molecule has 0 fully saturated rings. The molecule has 0 spiro atoms. The van der Waals surface area contributed by atoms with E-state index in [4.69, 9.17) is 4.74 Å². The molecule has 0 radical (unpaired) electrons. The molecule has 5 heteroatoms. The third-order valence-electron chi connectivity index (χ3n) is 4.34. The first kappa shape index (κ1) is 19.7. The fourth-order valence-corrected chi connectivity index (χ4v) is 3.00. The summed E-state index contributed by atoms with van der Waals surface area (Å²) in [5.41, 5.74) is 1.97. The van der Waals surface area contributed by atoms with Gasteiger partial charge in [-0.25, -0.2) is 0 Å². The van der Waals surface area contributed by atoms with E-state index in [9.17, 15) is 9.59 Å². The Labute approximate surface area is 155 Å². The minimum atomic E-state index is -0.698. The van der Waals surface area contributed by atoms with Gasteiger partial charge in [-0.2, -0.15) is 0 Å². The molecule has 0 bridgehead atoms. The van der Waals surface area contributed by atoms with Crippen molar-refractivity contribution in [3.63, 3.8) is 0 Å². The second-order valence-electron chi connectivity index (χ2n) is 6.19. The Bertz CT molecular complexity index is 704. The van der Waals surface area contributed by atoms with Crippen molar-refractivity contribution < 1.29 is 14.3 Å². The van der Waals surface area contributed by atoms with Gasteiger partial charge in [0.25, 0.3) is 0 Å². The SMILES string of the molecule is COCC(C(=O)NCc1ccccc1)N(C(C)=O)[C@@H](C)c1ccccc1. The Morgan fingerprint density at radius 1 is 1.04 bits per heavy atom. The molecule has 5 nitrogen and oxygen atoms in total. The Morgan fingerprint density at radius 3 is 2.15 bits per heavy atom. The van der Waals surface area contributed by atoms with Crippen LogP contribution >= 0.6 is 0 Å². The van der Waals surface area contributed by atoms with Crippen LogP contribution in [0, 0.1) is 0 Å². The number of nitrogens with zero attached hydrogens (tertiary/aromatic N) is 1. The van der Waals surface area contributed by atoms with E-state index < -0.39 is 6.04 Å². The van der Waals surface area contributed by atoms with Crippen LogP contribution in [-0.4, -0.2) is 36.5 Å². The van der Waals surface area contributed by atoms with Crippen LogP contribution in [0.1, 0.15) is 31.0 Å². The molecular weight excluding hydrogens is 328 g/mol. The molecular formula is C21H26N2O3. The Hall–Kier alpha value is -2.66. The summed E-state index contributed by atoms with van der Waals surface area (Å²) in [5.74, 6) is -0.396. The van der Waals surface area contributed by atoms with Gasteiger partial charge in [0.2, 0.25) is 11.8 Å². The van der Waals surface area contributed by atoms with E-state index in [0.717, 1.165) is 11.1 Å². The highest BCUT2D eigenvalue weighted by Gasteiger charge is 2.32. The van der Waals surface area contributed by atoms with Gasteiger partial charge in [0.05, 0.1) is 12.6 Å². The van der Waals surface area contributed by atoms with Crippen LogP contribution in [0.15, 0.2) is 60.7 Å². The summed E-state index contributed by atoms with van der Waals surface area (Å²) in [6.07, 6.45) is 0. The smallest absolute Gasteiger partial charge is 0.245 e. The maximum atomic E-state index is 12.8. The minimum Gasteiger partial charge on any atom is -0.382 e. The third-order valence-corrected chi connectivity index (χ3v) is 4.34. The van der Waals surface area contributed by atoms with Crippen molar-refractivity contribution in [2.45, 2.75) is 32.5 Å². The molecule has 2 amide bonds. The second kappa shape index (κ2) is 9.73. The summed E-state index contributed by atoms with van der Waals surface area (Å²) in [5, 5.41) is 2.91. The monoisotopic (exact) mass is 354 g/mol. The fraction of sp³-hybridized carbons (Fsp3) is 0.333. The fourth-order valence-electron chi connectivity index (χ4n) is 3.00. The van der Waals surface area contributed by atoms with Gasteiger partial charge in [-0.05, 0) is 18.1 Å². The van der Waals surface area contributed by atoms with Crippen LogP contribution in [0.2, 0.25) is 0 Å².